The third-order valence-corrected chi connectivity index (χ3v) is 5.29. The summed E-state index contributed by atoms with van der Waals surface area (Å²) in [4.78, 5) is 24.2. The van der Waals surface area contributed by atoms with Gasteiger partial charge in [0.05, 0.1) is 11.1 Å². The molecule has 0 heterocycles. The van der Waals surface area contributed by atoms with Crippen LogP contribution in [0.2, 0.25) is 0 Å². The molecule has 0 aliphatic carbocycles. The van der Waals surface area contributed by atoms with Crippen molar-refractivity contribution in [2.45, 2.75) is 40.5 Å². The number of carbonyl (C=O) groups is 2. The fourth-order valence-electron chi connectivity index (χ4n) is 2.57. The van der Waals surface area contributed by atoms with E-state index >= 15 is 0 Å². The van der Waals surface area contributed by atoms with Crippen LogP contribution in [0.15, 0.2) is 40.9 Å². The first-order valence-electron chi connectivity index (χ1n) is 10.1. The molecule has 8 heteroatoms. The van der Waals surface area contributed by atoms with Gasteiger partial charge in [-0.3, -0.25) is 14.9 Å². The molecule has 2 amide bonds. The molecule has 0 aromatic heterocycles. The van der Waals surface area contributed by atoms with Crippen LogP contribution in [-0.4, -0.2) is 23.5 Å². The zero-order chi connectivity index (χ0) is 23.0. The molecule has 0 saturated carbocycles. The van der Waals surface area contributed by atoms with Crippen LogP contribution in [0.3, 0.4) is 0 Å². The summed E-state index contributed by atoms with van der Waals surface area (Å²) < 4.78 is 6.46. The van der Waals surface area contributed by atoms with E-state index < -0.39 is 0 Å². The average Bonchev–Trinajstić information content (AvgIpc) is 2.71. The molecule has 2 aromatic rings. The van der Waals surface area contributed by atoms with Gasteiger partial charge >= 0.3 is 0 Å². The number of nitrogens with one attached hydrogen (secondary N) is 3. The Labute approximate surface area is 197 Å². The number of thiocarbonyl (C=S) groups is 1. The van der Waals surface area contributed by atoms with Crippen molar-refractivity contribution in [3.05, 3.63) is 52.0 Å². The maximum absolute atomic E-state index is 12.6. The minimum atomic E-state index is -0.335. The predicted octanol–water partition coefficient (Wildman–Crippen LogP) is 5.66. The Bertz CT molecular complexity index is 963. The maximum Gasteiger partial charge on any atom is 0.257 e. The molecule has 2 aromatic carbocycles. The summed E-state index contributed by atoms with van der Waals surface area (Å²) in [5.74, 6) is 0.848. The van der Waals surface area contributed by atoms with E-state index in [-0.39, 0.29) is 16.9 Å². The molecule has 0 aliphatic rings. The quantitative estimate of drug-likeness (QED) is 0.403. The highest BCUT2D eigenvalue weighted by atomic mass is 79.9. The summed E-state index contributed by atoms with van der Waals surface area (Å²) >= 11 is 8.73. The molecule has 0 atom stereocenters. The largest absolute Gasteiger partial charge is 0.492 e. The number of benzene rings is 2. The highest BCUT2D eigenvalue weighted by Gasteiger charge is 2.12. The van der Waals surface area contributed by atoms with E-state index in [9.17, 15) is 9.59 Å². The second kappa shape index (κ2) is 11.8. The van der Waals surface area contributed by atoms with Crippen LogP contribution in [0.1, 0.15) is 49.5 Å². The van der Waals surface area contributed by atoms with Crippen LogP contribution in [0.5, 0.6) is 5.75 Å². The molecular formula is C23H28BrN3O3S. The third kappa shape index (κ3) is 7.95. The molecule has 2 rings (SSSR count). The van der Waals surface area contributed by atoms with E-state index in [1.165, 1.54) is 0 Å². The Hall–Kier alpha value is -2.45. The average molecular weight is 506 g/mol. The minimum Gasteiger partial charge on any atom is -0.492 e. The number of ether oxygens (including phenoxy) is 1. The zero-order valence-corrected chi connectivity index (χ0v) is 20.6. The van der Waals surface area contributed by atoms with Gasteiger partial charge in [-0.2, -0.15) is 0 Å². The smallest absolute Gasteiger partial charge is 0.257 e. The molecule has 0 spiro atoms. The monoisotopic (exact) mass is 505 g/mol. The van der Waals surface area contributed by atoms with Crippen LogP contribution in [0.4, 0.5) is 11.4 Å². The Morgan fingerprint density at radius 1 is 1.13 bits per heavy atom. The van der Waals surface area contributed by atoms with Gasteiger partial charge in [0, 0.05) is 23.4 Å². The van der Waals surface area contributed by atoms with Gasteiger partial charge in [0.1, 0.15) is 5.75 Å². The summed E-state index contributed by atoms with van der Waals surface area (Å²) in [5.41, 5.74) is 2.75. The van der Waals surface area contributed by atoms with Crippen molar-refractivity contribution in [3.8, 4) is 5.75 Å². The van der Waals surface area contributed by atoms with Gasteiger partial charge in [0.15, 0.2) is 5.11 Å². The van der Waals surface area contributed by atoms with Crippen LogP contribution in [0, 0.1) is 12.8 Å². The van der Waals surface area contributed by atoms with Gasteiger partial charge in [0.2, 0.25) is 5.91 Å². The second-order valence-electron chi connectivity index (χ2n) is 7.52. The Balaban J connectivity index is 1.98. The highest BCUT2D eigenvalue weighted by Crippen LogP contribution is 2.26. The molecule has 31 heavy (non-hydrogen) atoms. The molecule has 0 aliphatic heterocycles. The number of halogens is 1. The van der Waals surface area contributed by atoms with Crippen molar-refractivity contribution < 1.29 is 14.3 Å². The Kier molecular flexibility index (Phi) is 9.45. The molecule has 3 N–H and O–H groups in total. The summed E-state index contributed by atoms with van der Waals surface area (Å²) in [7, 11) is 0. The highest BCUT2D eigenvalue weighted by molar-refractivity contribution is 9.10. The summed E-state index contributed by atoms with van der Waals surface area (Å²) in [5, 5.41) is 8.65. The van der Waals surface area contributed by atoms with E-state index in [1.807, 2.05) is 19.1 Å². The van der Waals surface area contributed by atoms with E-state index in [2.05, 4.69) is 45.7 Å². The first kappa shape index (κ1) is 24.8. The SMILES string of the molecule is CCC(=O)Nc1cc(NC(=S)NC(=O)c2ccc(OCCC(C)C)c(Br)c2)ccc1C. The van der Waals surface area contributed by atoms with Gasteiger partial charge < -0.3 is 15.4 Å². The van der Waals surface area contributed by atoms with Crippen LogP contribution in [0.25, 0.3) is 0 Å². The lowest BCUT2D eigenvalue weighted by Crippen LogP contribution is -2.34. The van der Waals surface area contributed by atoms with Crippen LogP contribution < -0.4 is 20.7 Å². The van der Waals surface area contributed by atoms with Crippen LogP contribution >= 0.6 is 28.1 Å². The fraction of sp³-hybridized carbons (Fsp3) is 0.348. The van der Waals surface area contributed by atoms with E-state index in [0.717, 1.165) is 12.0 Å². The molecule has 0 bridgehead atoms. The fourth-order valence-corrected chi connectivity index (χ4v) is 3.28. The first-order valence-corrected chi connectivity index (χ1v) is 11.3. The van der Waals surface area contributed by atoms with Crippen LogP contribution in [-0.2, 0) is 4.79 Å². The van der Waals surface area contributed by atoms with Gasteiger partial charge in [-0.05, 0) is 83.3 Å². The molecule has 6 nitrogen and oxygen atoms in total. The zero-order valence-electron chi connectivity index (χ0n) is 18.2. The maximum atomic E-state index is 12.6. The summed E-state index contributed by atoms with van der Waals surface area (Å²) in [6.45, 7) is 8.60. The number of aryl methyl sites for hydroxylation is 1. The summed E-state index contributed by atoms with van der Waals surface area (Å²) in [6, 6.07) is 10.6. The first-order chi connectivity index (χ1) is 14.7. The number of hydrogen-bond acceptors (Lipinski definition) is 4. The molecule has 0 fully saturated rings. The molecular weight excluding hydrogens is 478 g/mol. The Morgan fingerprint density at radius 2 is 1.87 bits per heavy atom. The Morgan fingerprint density at radius 3 is 2.52 bits per heavy atom. The van der Waals surface area contributed by atoms with Gasteiger partial charge in [-0.25, -0.2) is 0 Å². The normalized spacial score (nSPS) is 10.5. The minimum absolute atomic E-state index is 0.0710. The predicted molar refractivity (Wildman–Crippen MR) is 133 cm³/mol. The van der Waals surface area contributed by atoms with Gasteiger partial charge in [-0.1, -0.05) is 26.8 Å². The second-order valence-corrected chi connectivity index (χ2v) is 8.78. The van der Waals surface area contributed by atoms with Crippen molar-refractivity contribution >= 4 is 56.4 Å². The lowest BCUT2D eigenvalue weighted by molar-refractivity contribution is -0.115. The number of amides is 2. The number of hydrogen-bond donors (Lipinski definition) is 3. The van der Waals surface area contributed by atoms with Gasteiger partial charge in [-0.15, -0.1) is 0 Å². The number of carbonyl (C=O) groups excluding carboxylic acids is 2. The van der Waals surface area contributed by atoms with Gasteiger partial charge in [0.25, 0.3) is 5.91 Å². The third-order valence-electron chi connectivity index (χ3n) is 4.46. The van der Waals surface area contributed by atoms with Crippen molar-refractivity contribution in [2.75, 3.05) is 17.2 Å². The molecule has 0 unspecified atom stereocenters. The molecule has 0 saturated heterocycles. The number of anilines is 2. The van der Waals surface area contributed by atoms with E-state index in [4.69, 9.17) is 17.0 Å². The van der Waals surface area contributed by atoms with E-state index in [1.54, 1.807) is 31.2 Å². The number of rotatable bonds is 8. The van der Waals surface area contributed by atoms with Crippen molar-refractivity contribution in [1.82, 2.24) is 5.32 Å². The lowest BCUT2D eigenvalue weighted by atomic mass is 10.1. The summed E-state index contributed by atoms with van der Waals surface area (Å²) in [6.07, 6.45) is 1.35. The van der Waals surface area contributed by atoms with Crippen molar-refractivity contribution in [2.24, 2.45) is 5.92 Å². The standard InChI is InChI=1S/C23H28BrN3O3S/c1-5-21(28)26-19-13-17(8-6-15(19)4)25-23(31)27-22(29)16-7-9-20(18(24)12-16)30-11-10-14(2)3/h6-9,12-14H,5,10-11H2,1-4H3,(H,26,28)(H2,25,27,29,31). The molecule has 0 radical (unpaired) electrons. The topological polar surface area (TPSA) is 79.5 Å². The van der Waals surface area contributed by atoms with Crippen molar-refractivity contribution in [3.63, 3.8) is 0 Å². The van der Waals surface area contributed by atoms with Crippen molar-refractivity contribution in [1.29, 1.82) is 0 Å². The molecule has 166 valence electrons. The lowest BCUT2D eigenvalue weighted by Gasteiger charge is -2.14. The van der Waals surface area contributed by atoms with E-state index in [0.29, 0.717) is 46.1 Å².